The molecule has 1 aliphatic carbocycles. The van der Waals surface area contributed by atoms with Gasteiger partial charge >= 0.3 is 6.18 Å². The van der Waals surface area contributed by atoms with Gasteiger partial charge in [-0.25, -0.2) is 4.39 Å². The molecular formula is C14H16F4O. The van der Waals surface area contributed by atoms with Crippen LogP contribution in [0.5, 0.6) is 0 Å². The Balaban J connectivity index is 2.20. The molecule has 1 saturated carbocycles. The van der Waals surface area contributed by atoms with Gasteiger partial charge in [-0.05, 0) is 30.5 Å². The molecule has 0 radical (unpaired) electrons. The van der Waals surface area contributed by atoms with Gasteiger partial charge < -0.3 is 5.11 Å². The molecule has 106 valence electrons. The number of halogens is 4. The van der Waals surface area contributed by atoms with E-state index in [1.54, 1.807) is 0 Å². The summed E-state index contributed by atoms with van der Waals surface area (Å²) in [4.78, 5) is 0. The zero-order valence-corrected chi connectivity index (χ0v) is 10.3. The van der Waals surface area contributed by atoms with Gasteiger partial charge in [-0.15, -0.1) is 0 Å². The molecule has 1 aromatic carbocycles. The fraction of sp³-hybridized carbons (Fsp3) is 0.571. The van der Waals surface area contributed by atoms with Gasteiger partial charge in [0.2, 0.25) is 0 Å². The lowest BCUT2D eigenvalue weighted by Crippen LogP contribution is -2.36. The molecule has 0 heterocycles. The summed E-state index contributed by atoms with van der Waals surface area (Å²) in [5, 5.41) is 10.1. The van der Waals surface area contributed by atoms with Crippen LogP contribution in [-0.4, -0.2) is 11.3 Å². The number of hydrogen-bond donors (Lipinski definition) is 1. The highest BCUT2D eigenvalue weighted by Gasteiger charge is 2.47. The molecule has 0 bridgehead atoms. The number of benzene rings is 1. The summed E-state index contributed by atoms with van der Waals surface area (Å²) in [5.74, 6) is -2.77. The Kier molecular flexibility index (Phi) is 4.13. The van der Waals surface area contributed by atoms with Crippen LogP contribution in [0.25, 0.3) is 0 Å². The van der Waals surface area contributed by atoms with E-state index in [9.17, 15) is 22.7 Å². The topological polar surface area (TPSA) is 20.2 Å². The van der Waals surface area contributed by atoms with E-state index in [0.29, 0.717) is 24.8 Å². The first-order valence-corrected chi connectivity index (χ1v) is 6.40. The Bertz CT molecular complexity index is 412. The first-order chi connectivity index (χ1) is 8.89. The molecule has 0 aliphatic heterocycles. The van der Waals surface area contributed by atoms with Crippen LogP contribution in [0.2, 0.25) is 0 Å². The molecule has 3 atom stereocenters. The summed E-state index contributed by atoms with van der Waals surface area (Å²) in [5.41, 5.74) is 0.350. The second kappa shape index (κ2) is 5.49. The highest BCUT2D eigenvalue weighted by atomic mass is 19.4. The third-order valence-electron chi connectivity index (χ3n) is 3.86. The van der Waals surface area contributed by atoms with E-state index >= 15 is 0 Å². The fourth-order valence-electron chi connectivity index (χ4n) is 2.85. The quantitative estimate of drug-likeness (QED) is 0.801. The van der Waals surface area contributed by atoms with E-state index in [1.165, 1.54) is 12.1 Å². The standard InChI is InChI=1S/C14H16F4O/c15-10-7-5-9(6-8-10)13(19)11-3-1-2-4-12(11)14(16,17)18/h5-8,11-13,19H,1-4H2. The van der Waals surface area contributed by atoms with E-state index in [4.69, 9.17) is 0 Å². The second-order valence-corrected chi connectivity index (χ2v) is 5.09. The van der Waals surface area contributed by atoms with Crippen LogP contribution in [0.1, 0.15) is 37.4 Å². The number of rotatable bonds is 2. The third kappa shape index (κ3) is 3.26. The summed E-state index contributed by atoms with van der Waals surface area (Å²) in [6, 6.07) is 5.01. The molecule has 3 unspecified atom stereocenters. The van der Waals surface area contributed by atoms with Crippen LogP contribution >= 0.6 is 0 Å². The first-order valence-electron chi connectivity index (χ1n) is 6.40. The average molecular weight is 276 g/mol. The fourth-order valence-corrected chi connectivity index (χ4v) is 2.85. The Morgan fingerprint density at radius 1 is 1.05 bits per heavy atom. The Hall–Kier alpha value is -1.10. The SMILES string of the molecule is OC(c1ccc(F)cc1)C1CCCCC1C(F)(F)F. The highest BCUT2D eigenvalue weighted by molar-refractivity contribution is 5.19. The lowest BCUT2D eigenvalue weighted by molar-refractivity contribution is -0.207. The van der Waals surface area contributed by atoms with Crippen LogP contribution in [0.15, 0.2) is 24.3 Å². The largest absolute Gasteiger partial charge is 0.392 e. The molecule has 1 N–H and O–H groups in total. The van der Waals surface area contributed by atoms with Gasteiger partial charge in [-0.2, -0.15) is 13.2 Å². The molecular weight excluding hydrogens is 260 g/mol. The molecule has 19 heavy (non-hydrogen) atoms. The Labute approximate surface area is 109 Å². The average Bonchev–Trinajstić information content (AvgIpc) is 2.38. The summed E-state index contributed by atoms with van der Waals surface area (Å²) < 4.78 is 51.7. The molecule has 2 rings (SSSR count). The van der Waals surface area contributed by atoms with Gasteiger partial charge in [-0.1, -0.05) is 25.0 Å². The predicted octanol–water partition coefficient (Wildman–Crippen LogP) is 4.23. The molecule has 1 aromatic rings. The van der Waals surface area contributed by atoms with E-state index in [0.717, 1.165) is 12.1 Å². The minimum Gasteiger partial charge on any atom is -0.388 e. The summed E-state index contributed by atoms with van der Waals surface area (Å²) in [6.07, 6.45) is -3.83. The monoisotopic (exact) mass is 276 g/mol. The molecule has 0 saturated heterocycles. The van der Waals surface area contributed by atoms with Crippen molar-refractivity contribution in [2.24, 2.45) is 11.8 Å². The molecule has 0 aromatic heterocycles. The normalized spacial score (nSPS) is 26.2. The van der Waals surface area contributed by atoms with Gasteiger partial charge in [0.1, 0.15) is 5.82 Å². The van der Waals surface area contributed by atoms with Crippen molar-refractivity contribution in [2.75, 3.05) is 0 Å². The number of alkyl halides is 3. The predicted molar refractivity (Wildman–Crippen MR) is 62.9 cm³/mol. The Morgan fingerprint density at radius 3 is 2.21 bits per heavy atom. The van der Waals surface area contributed by atoms with Gasteiger partial charge in [0.05, 0.1) is 12.0 Å². The van der Waals surface area contributed by atoms with Crippen molar-refractivity contribution in [3.8, 4) is 0 Å². The maximum Gasteiger partial charge on any atom is 0.392 e. The Morgan fingerprint density at radius 2 is 1.63 bits per heavy atom. The summed E-state index contributed by atoms with van der Waals surface area (Å²) in [7, 11) is 0. The lowest BCUT2D eigenvalue weighted by atomic mass is 9.74. The second-order valence-electron chi connectivity index (χ2n) is 5.09. The van der Waals surface area contributed by atoms with Crippen molar-refractivity contribution in [1.82, 2.24) is 0 Å². The van der Waals surface area contributed by atoms with E-state index in [2.05, 4.69) is 0 Å². The maximum absolute atomic E-state index is 13.0. The zero-order chi connectivity index (χ0) is 14.0. The van der Waals surface area contributed by atoms with Crippen molar-refractivity contribution < 1.29 is 22.7 Å². The first kappa shape index (κ1) is 14.3. The van der Waals surface area contributed by atoms with Crippen molar-refractivity contribution >= 4 is 0 Å². The van der Waals surface area contributed by atoms with Gasteiger partial charge in [0.25, 0.3) is 0 Å². The van der Waals surface area contributed by atoms with E-state index in [1.807, 2.05) is 0 Å². The third-order valence-corrected chi connectivity index (χ3v) is 3.86. The summed E-state index contributed by atoms with van der Waals surface area (Å²) in [6.45, 7) is 0. The van der Waals surface area contributed by atoms with Crippen LogP contribution in [-0.2, 0) is 0 Å². The maximum atomic E-state index is 13.0. The molecule has 1 aliphatic rings. The van der Waals surface area contributed by atoms with Crippen LogP contribution < -0.4 is 0 Å². The minimum atomic E-state index is -4.29. The number of hydrogen-bond acceptors (Lipinski definition) is 1. The zero-order valence-electron chi connectivity index (χ0n) is 10.3. The number of aliphatic hydroxyl groups is 1. The van der Waals surface area contributed by atoms with Crippen LogP contribution in [0.4, 0.5) is 17.6 Å². The smallest absolute Gasteiger partial charge is 0.388 e. The highest BCUT2D eigenvalue weighted by Crippen LogP contribution is 2.46. The van der Waals surface area contributed by atoms with E-state index < -0.39 is 29.9 Å². The van der Waals surface area contributed by atoms with Crippen molar-refractivity contribution in [2.45, 2.75) is 38.0 Å². The van der Waals surface area contributed by atoms with Crippen molar-refractivity contribution in [1.29, 1.82) is 0 Å². The van der Waals surface area contributed by atoms with Gasteiger partial charge in [0, 0.05) is 5.92 Å². The minimum absolute atomic E-state index is 0.0619. The molecule has 0 spiro atoms. The van der Waals surface area contributed by atoms with Crippen LogP contribution in [0.3, 0.4) is 0 Å². The molecule has 1 fully saturated rings. The molecule has 5 heteroatoms. The molecule has 1 nitrogen and oxygen atoms in total. The molecule has 0 amide bonds. The number of aliphatic hydroxyl groups excluding tert-OH is 1. The lowest BCUT2D eigenvalue weighted by Gasteiger charge is -2.36. The van der Waals surface area contributed by atoms with Crippen molar-refractivity contribution in [3.05, 3.63) is 35.6 Å². The summed E-state index contributed by atoms with van der Waals surface area (Å²) >= 11 is 0. The van der Waals surface area contributed by atoms with Gasteiger partial charge in [-0.3, -0.25) is 0 Å². The van der Waals surface area contributed by atoms with Gasteiger partial charge in [0.15, 0.2) is 0 Å². The van der Waals surface area contributed by atoms with Crippen LogP contribution in [0, 0.1) is 17.7 Å². The van der Waals surface area contributed by atoms with E-state index in [-0.39, 0.29) is 6.42 Å². The van der Waals surface area contributed by atoms with Crippen molar-refractivity contribution in [3.63, 3.8) is 0 Å².